The third kappa shape index (κ3) is 4.41. The van der Waals surface area contributed by atoms with Crippen LogP contribution in [0.1, 0.15) is 29.8 Å². The lowest BCUT2D eigenvalue weighted by Gasteiger charge is -2.13. The predicted octanol–water partition coefficient (Wildman–Crippen LogP) is 3.20. The van der Waals surface area contributed by atoms with Gasteiger partial charge >= 0.3 is 0 Å². The van der Waals surface area contributed by atoms with Crippen LogP contribution in [0.5, 0.6) is 0 Å². The van der Waals surface area contributed by atoms with E-state index in [0.29, 0.717) is 28.2 Å². The summed E-state index contributed by atoms with van der Waals surface area (Å²) in [5.41, 5.74) is 1.91. The van der Waals surface area contributed by atoms with Crippen molar-refractivity contribution < 1.29 is 4.79 Å². The molecule has 0 saturated carbocycles. The van der Waals surface area contributed by atoms with E-state index in [2.05, 4.69) is 16.4 Å². The van der Waals surface area contributed by atoms with Crippen molar-refractivity contribution in [3.05, 3.63) is 70.0 Å². The number of nitrogens with one attached hydrogen (secondary N) is 1. The number of fused-ring (bicyclic) bond motifs is 1. The number of nitrogens with zero attached hydrogens (tertiary/aromatic N) is 3. The number of carbonyl (C=O) groups excluding carboxylic acids is 1. The van der Waals surface area contributed by atoms with Crippen LogP contribution in [0.15, 0.2) is 58.5 Å². The van der Waals surface area contributed by atoms with Crippen molar-refractivity contribution in [3.63, 3.8) is 0 Å². The molecule has 3 rings (SSSR count). The van der Waals surface area contributed by atoms with Crippen molar-refractivity contribution in [2.45, 2.75) is 31.6 Å². The van der Waals surface area contributed by atoms with Crippen LogP contribution in [0.3, 0.4) is 0 Å². The van der Waals surface area contributed by atoms with Gasteiger partial charge in [0.25, 0.3) is 11.5 Å². The number of amides is 1. The zero-order valence-corrected chi connectivity index (χ0v) is 16.5. The minimum Gasteiger partial charge on any atom is -0.350 e. The van der Waals surface area contributed by atoms with E-state index in [0.717, 1.165) is 5.56 Å². The zero-order chi connectivity index (χ0) is 20.1. The molecule has 0 aliphatic heterocycles. The molecule has 0 fully saturated rings. The summed E-state index contributed by atoms with van der Waals surface area (Å²) in [5.74, 6) is 0.0791. The highest BCUT2D eigenvalue weighted by atomic mass is 32.2. The second-order valence-electron chi connectivity index (χ2n) is 6.57. The molecule has 0 spiro atoms. The average molecular weight is 392 g/mol. The van der Waals surface area contributed by atoms with Crippen molar-refractivity contribution in [1.82, 2.24) is 14.9 Å². The molecule has 0 unspecified atom stereocenters. The van der Waals surface area contributed by atoms with E-state index in [9.17, 15) is 9.59 Å². The Labute approximate surface area is 167 Å². The second-order valence-corrected chi connectivity index (χ2v) is 7.52. The molecule has 0 radical (unpaired) electrons. The Morgan fingerprint density at radius 3 is 2.61 bits per heavy atom. The molecule has 1 aromatic heterocycles. The van der Waals surface area contributed by atoms with Gasteiger partial charge < -0.3 is 5.32 Å². The van der Waals surface area contributed by atoms with E-state index in [1.807, 2.05) is 32.0 Å². The molecule has 1 amide bonds. The molecule has 0 aliphatic rings. The van der Waals surface area contributed by atoms with Crippen molar-refractivity contribution in [3.8, 4) is 6.07 Å². The quantitative estimate of drug-likeness (QED) is 0.514. The van der Waals surface area contributed by atoms with Gasteiger partial charge in [-0.05, 0) is 43.7 Å². The average Bonchev–Trinajstić information content (AvgIpc) is 2.69. The Balaban J connectivity index is 1.95. The normalized spacial score (nSPS) is 10.8. The summed E-state index contributed by atoms with van der Waals surface area (Å²) < 4.78 is 1.58. The first-order valence-corrected chi connectivity index (χ1v) is 9.87. The fourth-order valence-corrected chi connectivity index (χ4v) is 3.44. The molecule has 2 aromatic carbocycles. The molecule has 6 nitrogen and oxygen atoms in total. The fraction of sp³-hybridized carbons (Fsp3) is 0.238. The molecule has 0 bridgehead atoms. The van der Waals surface area contributed by atoms with Gasteiger partial charge in [0, 0.05) is 11.6 Å². The van der Waals surface area contributed by atoms with Crippen LogP contribution in [-0.4, -0.2) is 27.3 Å². The molecule has 1 N–H and O–H groups in total. The lowest BCUT2D eigenvalue weighted by atomic mass is 10.1. The minimum absolute atomic E-state index is 0.0640. The van der Waals surface area contributed by atoms with Crippen molar-refractivity contribution in [2.24, 2.45) is 0 Å². The minimum atomic E-state index is -0.146. The maximum atomic E-state index is 13.0. The van der Waals surface area contributed by atoms with E-state index in [-0.39, 0.29) is 23.3 Å². The number of benzene rings is 2. The van der Waals surface area contributed by atoms with Crippen LogP contribution < -0.4 is 10.9 Å². The van der Waals surface area contributed by atoms with Crippen LogP contribution in [0, 0.1) is 11.3 Å². The molecule has 0 aliphatic carbocycles. The maximum absolute atomic E-state index is 13.0. The van der Waals surface area contributed by atoms with Gasteiger partial charge in [0.05, 0.1) is 29.3 Å². The SMILES string of the molecule is CC(C)NC(=O)c1ccc(Cn2c(SCC#N)nc3ccccc3c2=O)cc1. The van der Waals surface area contributed by atoms with Crippen LogP contribution in [-0.2, 0) is 6.54 Å². The molecular weight excluding hydrogens is 372 g/mol. The number of nitriles is 1. The van der Waals surface area contributed by atoms with Crippen molar-refractivity contribution >= 4 is 28.6 Å². The van der Waals surface area contributed by atoms with Crippen LogP contribution in [0.25, 0.3) is 10.9 Å². The summed E-state index contributed by atoms with van der Waals surface area (Å²) >= 11 is 1.24. The second kappa shape index (κ2) is 8.72. The van der Waals surface area contributed by atoms with E-state index in [4.69, 9.17) is 5.26 Å². The standard InChI is InChI=1S/C21H20N4O2S/c1-14(2)23-19(26)16-9-7-15(8-10-16)13-25-20(27)17-5-3-4-6-18(17)24-21(25)28-12-11-22/h3-10,14H,12-13H2,1-2H3,(H,23,26). The molecule has 0 saturated heterocycles. The first-order valence-electron chi connectivity index (χ1n) is 8.88. The van der Waals surface area contributed by atoms with E-state index < -0.39 is 0 Å². The van der Waals surface area contributed by atoms with Gasteiger partial charge in [0.15, 0.2) is 5.16 Å². The molecule has 0 atom stereocenters. The van der Waals surface area contributed by atoms with E-state index in [1.54, 1.807) is 34.9 Å². The van der Waals surface area contributed by atoms with Gasteiger partial charge in [-0.25, -0.2) is 4.98 Å². The molecule has 142 valence electrons. The smallest absolute Gasteiger partial charge is 0.262 e. The molecular formula is C21H20N4O2S. The van der Waals surface area contributed by atoms with Crippen LogP contribution in [0.2, 0.25) is 0 Å². The Bertz CT molecular complexity index is 1100. The number of carbonyl (C=O) groups is 1. The molecule has 1 heterocycles. The van der Waals surface area contributed by atoms with Crippen molar-refractivity contribution in [1.29, 1.82) is 5.26 Å². The van der Waals surface area contributed by atoms with E-state index >= 15 is 0 Å². The summed E-state index contributed by atoms with van der Waals surface area (Å²) in [6.45, 7) is 4.13. The lowest BCUT2D eigenvalue weighted by molar-refractivity contribution is 0.0943. The zero-order valence-electron chi connectivity index (χ0n) is 15.7. The number of rotatable bonds is 6. The van der Waals surface area contributed by atoms with Gasteiger partial charge in [-0.2, -0.15) is 5.26 Å². The third-order valence-corrected chi connectivity index (χ3v) is 4.91. The fourth-order valence-electron chi connectivity index (χ4n) is 2.78. The van der Waals surface area contributed by atoms with Crippen molar-refractivity contribution in [2.75, 3.05) is 5.75 Å². The van der Waals surface area contributed by atoms with Gasteiger partial charge in [-0.1, -0.05) is 36.0 Å². The molecule has 28 heavy (non-hydrogen) atoms. The summed E-state index contributed by atoms with van der Waals surface area (Å²) in [7, 11) is 0. The summed E-state index contributed by atoms with van der Waals surface area (Å²) in [5, 5.41) is 12.8. The highest BCUT2D eigenvalue weighted by Gasteiger charge is 2.13. The van der Waals surface area contributed by atoms with E-state index in [1.165, 1.54) is 11.8 Å². The number of para-hydroxylation sites is 1. The Morgan fingerprint density at radius 1 is 1.21 bits per heavy atom. The molecule has 7 heteroatoms. The number of hydrogen-bond donors (Lipinski definition) is 1. The summed E-state index contributed by atoms with van der Waals surface area (Å²) in [6.07, 6.45) is 0. The lowest BCUT2D eigenvalue weighted by Crippen LogP contribution is -2.30. The van der Waals surface area contributed by atoms with Gasteiger partial charge in [-0.3, -0.25) is 14.2 Å². The number of hydrogen-bond acceptors (Lipinski definition) is 5. The van der Waals surface area contributed by atoms with Gasteiger partial charge in [-0.15, -0.1) is 0 Å². The Morgan fingerprint density at radius 2 is 1.93 bits per heavy atom. The van der Waals surface area contributed by atoms with Gasteiger partial charge in [0.2, 0.25) is 0 Å². The predicted molar refractivity (Wildman–Crippen MR) is 110 cm³/mol. The van der Waals surface area contributed by atoms with Crippen LogP contribution >= 0.6 is 11.8 Å². The maximum Gasteiger partial charge on any atom is 0.262 e. The summed E-state index contributed by atoms with van der Waals surface area (Å²) in [4.78, 5) is 29.6. The first kappa shape index (κ1) is 19.6. The topological polar surface area (TPSA) is 87.8 Å². The number of thioether (sulfide) groups is 1. The number of aromatic nitrogens is 2. The highest BCUT2D eigenvalue weighted by molar-refractivity contribution is 7.99. The first-order chi connectivity index (χ1) is 13.5. The largest absolute Gasteiger partial charge is 0.350 e. The van der Waals surface area contributed by atoms with Crippen LogP contribution in [0.4, 0.5) is 0 Å². The van der Waals surface area contributed by atoms with Gasteiger partial charge in [0.1, 0.15) is 0 Å². The Kier molecular flexibility index (Phi) is 6.12. The third-order valence-electron chi connectivity index (χ3n) is 4.07. The molecule has 3 aromatic rings. The Hall–Kier alpha value is -3.11. The monoisotopic (exact) mass is 392 g/mol. The highest BCUT2D eigenvalue weighted by Crippen LogP contribution is 2.18. The summed E-state index contributed by atoms with van der Waals surface area (Å²) in [6, 6.07) is 16.5.